The van der Waals surface area contributed by atoms with Crippen LogP contribution in [0.1, 0.15) is 18.9 Å². The SMILES string of the molecule is CCC(CO)CN1C(=O)Cc2cc(N)ccc21. The Kier molecular flexibility index (Phi) is 3.33. The van der Waals surface area contributed by atoms with E-state index < -0.39 is 0 Å². The third kappa shape index (κ3) is 2.26. The molecule has 1 amide bonds. The number of hydrogen-bond acceptors (Lipinski definition) is 3. The topological polar surface area (TPSA) is 66.6 Å². The lowest BCUT2D eigenvalue weighted by Gasteiger charge is -2.22. The molecule has 17 heavy (non-hydrogen) atoms. The number of carbonyl (C=O) groups is 1. The normalized spacial score (nSPS) is 16.1. The molecule has 1 heterocycles. The van der Waals surface area contributed by atoms with Crippen LogP contribution in [0.25, 0.3) is 0 Å². The molecule has 1 aromatic carbocycles. The Morgan fingerprint density at radius 2 is 2.29 bits per heavy atom. The Bertz CT molecular complexity index is 427. The molecule has 92 valence electrons. The van der Waals surface area contributed by atoms with Gasteiger partial charge in [0.15, 0.2) is 0 Å². The van der Waals surface area contributed by atoms with Gasteiger partial charge in [-0.15, -0.1) is 0 Å². The smallest absolute Gasteiger partial charge is 0.231 e. The van der Waals surface area contributed by atoms with Gasteiger partial charge in [-0.3, -0.25) is 4.79 Å². The second-order valence-electron chi connectivity index (χ2n) is 4.53. The first kappa shape index (κ1) is 11.9. The predicted octanol–water partition coefficient (Wildman–Crippen LogP) is 1.18. The van der Waals surface area contributed by atoms with E-state index in [0.717, 1.165) is 17.7 Å². The van der Waals surface area contributed by atoms with Crippen molar-refractivity contribution < 1.29 is 9.90 Å². The number of nitrogens with two attached hydrogens (primary N) is 1. The fraction of sp³-hybridized carbons (Fsp3) is 0.462. The highest BCUT2D eigenvalue weighted by atomic mass is 16.3. The summed E-state index contributed by atoms with van der Waals surface area (Å²) in [5.74, 6) is 0.236. The second kappa shape index (κ2) is 4.75. The number of rotatable bonds is 4. The molecule has 0 aromatic heterocycles. The van der Waals surface area contributed by atoms with Crippen LogP contribution in [0.4, 0.5) is 11.4 Å². The fourth-order valence-electron chi connectivity index (χ4n) is 2.18. The van der Waals surface area contributed by atoms with Crippen molar-refractivity contribution in [3.63, 3.8) is 0 Å². The molecule has 0 bridgehead atoms. The molecule has 0 saturated carbocycles. The van der Waals surface area contributed by atoms with Gasteiger partial charge < -0.3 is 15.7 Å². The number of benzene rings is 1. The molecule has 0 spiro atoms. The molecule has 4 heteroatoms. The Balaban J connectivity index is 2.22. The number of nitrogen functional groups attached to an aromatic ring is 1. The Hall–Kier alpha value is -1.55. The summed E-state index contributed by atoms with van der Waals surface area (Å²) in [5, 5.41) is 9.21. The first-order valence-corrected chi connectivity index (χ1v) is 5.95. The Morgan fingerprint density at radius 3 is 2.94 bits per heavy atom. The van der Waals surface area contributed by atoms with Crippen molar-refractivity contribution in [2.45, 2.75) is 19.8 Å². The average molecular weight is 234 g/mol. The zero-order chi connectivity index (χ0) is 12.4. The van der Waals surface area contributed by atoms with Crippen LogP contribution in [-0.4, -0.2) is 24.2 Å². The third-order valence-corrected chi connectivity index (χ3v) is 3.31. The zero-order valence-corrected chi connectivity index (χ0v) is 10.0. The van der Waals surface area contributed by atoms with Gasteiger partial charge >= 0.3 is 0 Å². The van der Waals surface area contributed by atoms with E-state index in [1.807, 2.05) is 25.1 Å². The highest BCUT2D eigenvalue weighted by Gasteiger charge is 2.28. The lowest BCUT2D eigenvalue weighted by Crippen LogP contribution is -2.33. The molecule has 1 aliphatic rings. The molecule has 3 N–H and O–H groups in total. The van der Waals surface area contributed by atoms with Crippen LogP contribution in [0.3, 0.4) is 0 Å². The molecular formula is C13H18N2O2. The van der Waals surface area contributed by atoms with E-state index >= 15 is 0 Å². The quantitative estimate of drug-likeness (QED) is 0.769. The summed E-state index contributed by atoms with van der Waals surface area (Å²) >= 11 is 0. The minimum Gasteiger partial charge on any atom is -0.399 e. The van der Waals surface area contributed by atoms with Crippen LogP contribution in [0, 0.1) is 5.92 Å². The van der Waals surface area contributed by atoms with Crippen LogP contribution >= 0.6 is 0 Å². The number of amides is 1. The molecule has 1 atom stereocenters. The van der Waals surface area contributed by atoms with Crippen molar-refractivity contribution in [3.8, 4) is 0 Å². The lowest BCUT2D eigenvalue weighted by molar-refractivity contribution is -0.117. The molecule has 2 rings (SSSR count). The first-order valence-electron chi connectivity index (χ1n) is 5.95. The zero-order valence-electron chi connectivity index (χ0n) is 10.0. The first-order chi connectivity index (χ1) is 8.15. The molecule has 4 nitrogen and oxygen atoms in total. The van der Waals surface area contributed by atoms with Gasteiger partial charge in [-0.1, -0.05) is 6.92 Å². The van der Waals surface area contributed by atoms with E-state index in [4.69, 9.17) is 5.73 Å². The summed E-state index contributed by atoms with van der Waals surface area (Å²) in [6, 6.07) is 5.55. The monoisotopic (exact) mass is 234 g/mol. The van der Waals surface area contributed by atoms with Crippen LogP contribution in [0.5, 0.6) is 0 Å². The van der Waals surface area contributed by atoms with Crippen molar-refractivity contribution >= 4 is 17.3 Å². The van der Waals surface area contributed by atoms with Crippen molar-refractivity contribution in [2.75, 3.05) is 23.8 Å². The van der Waals surface area contributed by atoms with Gasteiger partial charge in [0, 0.05) is 24.5 Å². The summed E-state index contributed by atoms with van der Waals surface area (Å²) in [5.41, 5.74) is 8.32. The van der Waals surface area contributed by atoms with Crippen molar-refractivity contribution in [1.82, 2.24) is 0 Å². The summed E-state index contributed by atoms with van der Waals surface area (Å²) in [6.45, 7) is 2.72. The molecule has 1 unspecified atom stereocenters. The van der Waals surface area contributed by atoms with Gasteiger partial charge in [0.1, 0.15) is 0 Å². The molecular weight excluding hydrogens is 216 g/mol. The Labute approximate surface area is 101 Å². The molecule has 0 saturated heterocycles. The fourth-order valence-corrected chi connectivity index (χ4v) is 2.18. The van der Waals surface area contributed by atoms with Gasteiger partial charge in [-0.25, -0.2) is 0 Å². The standard InChI is InChI=1S/C13H18N2O2/c1-2-9(8-16)7-15-12-4-3-11(14)5-10(12)6-13(15)17/h3-5,9,16H,2,6-8,14H2,1H3. The Morgan fingerprint density at radius 1 is 1.53 bits per heavy atom. The van der Waals surface area contributed by atoms with Crippen LogP contribution in [-0.2, 0) is 11.2 Å². The molecule has 0 aliphatic carbocycles. The number of carbonyl (C=O) groups excluding carboxylic acids is 1. The van der Waals surface area contributed by atoms with E-state index in [1.54, 1.807) is 4.90 Å². The van der Waals surface area contributed by atoms with Crippen molar-refractivity contribution in [1.29, 1.82) is 0 Å². The summed E-state index contributed by atoms with van der Waals surface area (Å²) in [6.07, 6.45) is 1.28. The largest absolute Gasteiger partial charge is 0.399 e. The number of fused-ring (bicyclic) bond motifs is 1. The van der Waals surface area contributed by atoms with E-state index in [2.05, 4.69) is 0 Å². The number of aliphatic hydroxyl groups excluding tert-OH is 1. The molecule has 1 aliphatic heterocycles. The summed E-state index contributed by atoms with van der Waals surface area (Å²) in [7, 11) is 0. The minimum atomic E-state index is 0.0949. The highest BCUT2D eigenvalue weighted by Crippen LogP contribution is 2.31. The van der Waals surface area contributed by atoms with Crippen LogP contribution < -0.4 is 10.6 Å². The maximum Gasteiger partial charge on any atom is 0.231 e. The second-order valence-corrected chi connectivity index (χ2v) is 4.53. The van der Waals surface area contributed by atoms with Gasteiger partial charge in [-0.05, 0) is 36.1 Å². The summed E-state index contributed by atoms with van der Waals surface area (Å²) < 4.78 is 0. The van der Waals surface area contributed by atoms with Gasteiger partial charge in [0.2, 0.25) is 5.91 Å². The van der Waals surface area contributed by atoms with Crippen LogP contribution in [0.2, 0.25) is 0 Å². The van der Waals surface area contributed by atoms with E-state index in [0.29, 0.717) is 18.7 Å². The number of aliphatic hydroxyl groups is 1. The maximum absolute atomic E-state index is 11.9. The highest BCUT2D eigenvalue weighted by molar-refractivity contribution is 6.01. The average Bonchev–Trinajstić information content (AvgIpc) is 2.61. The van der Waals surface area contributed by atoms with E-state index in [-0.39, 0.29) is 18.4 Å². The van der Waals surface area contributed by atoms with Crippen molar-refractivity contribution in [3.05, 3.63) is 23.8 Å². The van der Waals surface area contributed by atoms with Gasteiger partial charge in [0.05, 0.1) is 6.42 Å². The number of nitrogens with zero attached hydrogens (tertiary/aromatic N) is 1. The lowest BCUT2D eigenvalue weighted by atomic mass is 10.1. The molecule has 0 fully saturated rings. The minimum absolute atomic E-state index is 0.0949. The van der Waals surface area contributed by atoms with Crippen LogP contribution in [0.15, 0.2) is 18.2 Å². The molecule has 1 aromatic rings. The predicted molar refractivity (Wildman–Crippen MR) is 67.8 cm³/mol. The van der Waals surface area contributed by atoms with Crippen molar-refractivity contribution in [2.24, 2.45) is 5.92 Å². The third-order valence-electron chi connectivity index (χ3n) is 3.31. The van der Waals surface area contributed by atoms with Gasteiger partial charge in [-0.2, -0.15) is 0 Å². The number of hydrogen-bond donors (Lipinski definition) is 2. The maximum atomic E-state index is 11.9. The number of anilines is 2. The van der Waals surface area contributed by atoms with E-state index in [1.165, 1.54) is 0 Å². The molecule has 0 radical (unpaired) electrons. The van der Waals surface area contributed by atoms with E-state index in [9.17, 15) is 9.90 Å². The summed E-state index contributed by atoms with van der Waals surface area (Å²) in [4.78, 5) is 13.7. The van der Waals surface area contributed by atoms with Gasteiger partial charge in [0.25, 0.3) is 0 Å².